The summed E-state index contributed by atoms with van der Waals surface area (Å²) < 4.78 is 1.59. The molecule has 2 aromatic rings. The number of anilines is 1. The van der Waals surface area contributed by atoms with E-state index in [4.69, 9.17) is 5.26 Å². The average Bonchev–Trinajstić information content (AvgIpc) is 2.93. The van der Waals surface area contributed by atoms with Crippen LogP contribution in [0.1, 0.15) is 34.7 Å². The molecule has 1 aliphatic heterocycles. The van der Waals surface area contributed by atoms with Crippen LogP contribution in [-0.4, -0.2) is 44.8 Å². The monoisotopic (exact) mass is 325 g/mol. The Balaban J connectivity index is 1.68. The van der Waals surface area contributed by atoms with Gasteiger partial charge in [-0.1, -0.05) is 0 Å². The molecule has 1 saturated heterocycles. The van der Waals surface area contributed by atoms with Gasteiger partial charge < -0.3 is 10.2 Å². The number of nitrogens with one attached hydrogen (secondary N) is 1. The minimum Gasteiger partial charge on any atom is -0.346 e. The first-order valence-electron chi connectivity index (χ1n) is 7.86. The third-order valence-electron chi connectivity index (χ3n) is 4.03. The van der Waals surface area contributed by atoms with E-state index in [-0.39, 0.29) is 11.9 Å². The largest absolute Gasteiger partial charge is 0.346 e. The van der Waals surface area contributed by atoms with E-state index < -0.39 is 0 Å². The fourth-order valence-corrected chi connectivity index (χ4v) is 2.92. The summed E-state index contributed by atoms with van der Waals surface area (Å²) in [4.78, 5) is 22.9. The smallest absolute Gasteiger partial charge is 0.269 e. The van der Waals surface area contributed by atoms with Gasteiger partial charge >= 0.3 is 0 Å². The minimum absolute atomic E-state index is 0.01000. The van der Waals surface area contributed by atoms with Gasteiger partial charge in [-0.15, -0.1) is 0 Å². The second kappa shape index (κ2) is 6.66. The molecule has 8 heteroatoms. The Hall–Kier alpha value is -2.95. The van der Waals surface area contributed by atoms with E-state index in [0.717, 1.165) is 25.1 Å². The van der Waals surface area contributed by atoms with Crippen LogP contribution in [0.15, 0.2) is 18.3 Å². The maximum absolute atomic E-state index is 12.4. The van der Waals surface area contributed by atoms with Crippen LogP contribution in [0.2, 0.25) is 0 Å². The molecule has 0 radical (unpaired) electrons. The van der Waals surface area contributed by atoms with Gasteiger partial charge in [0.05, 0.1) is 5.69 Å². The molecule has 0 aliphatic carbocycles. The van der Waals surface area contributed by atoms with Crippen molar-refractivity contribution >= 4 is 11.9 Å². The molecule has 124 valence electrons. The van der Waals surface area contributed by atoms with Crippen LogP contribution in [-0.2, 0) is 7.05 Å². The topological polar surface area (TPSA) is 99.7 Å². The lowest BCUT2D eigenvalue weighted by molar-refractivity contribution is 0.0923. The lowest BCUT2D eigenvalue weighted by Gasteiger charge is -2.33. The number of amides is 1. The molecule has 2 aromatic heterocycles. The molecule has 1 N–H and O–H groups in total. The number of carbonyl (C=O) groups is 1. The molecule has 3 rings (SSSR count). The molecule has 0 aromatic carbocycles. The van der Waals surface area contributed by atoms with Crippen molar-refractivity contribution < 1.29 is 4.79 Å². The van der Waals surface area contributed by atoms with Crippen molar-refractivity contribution in [3.05, 3.63) is 35.4 Å². The normalized spacial score (nSPS) is 17.4. The van der Waals surface area contributed by atoms with Crippen molar-refractivity contribution in [3.63, 3.8) is 0 Å². The van der Waals surface area contributed by atoms with Crippen molar-refractivity contribution in [1.82, 2.24) is 25.1 Å². The van der Waals surface area contributed by atoms with E-state index in [1.54, 1.807) is 30.1 Å². The highest BCUT2D eigenvalue weighted by Crippen LogP contribution is 2.16. The molecule has 0 saturated carbocycles. The summed E-state index contributed by atoms with van der Waals surface area (Å²) >= 11 is 0. The SMILES string of the molecule is Cc1cc(C(=O)NC2CCCN(c3nccc(C#N)n3)C2)n(C)n1. The zero-order chi connectivity index (χ0) is 17.1. The molecule has 1 atom stereocenters. The second-order valence-electron chi connectivity index (χ2n) is 5.91. The number of hydrogen-bond donors (Lipinski definition) is 1. The third kappa shape index (κ3) is 3.35. The highest BCUT2D eigenvalue weighted by molar-refractivity contribution is 5.92. The molecule has 1 amide bonds. The number of hydrogen-bond acceptors (Lipinski definition) is 6. The number of piperidine rings is 1. The summed E-state index contributed by atoms with van der Waals surface area (Å²) in [7, 11) is 1.76. The molecule has 8 nitrogen and oxygen atoms in total. The molecule has 1 aliphatic rings. The average molecular weight is 325 g/mol. The van der Waals surface area contributed by atoms with Gasteiger partial charge in [-0.2, -0.15) is 10.4 Å². The van der Waals surface area contributed by atoms with Crippen molar-refractivity contribution in [1.29, 1.82) is 5.26 Å². The third-order valence-corrected chi connectivity index (χ3v) is 4.03. The molecule has 1 fully saturated rings. The van der Waals surface area contributed by atoms with Gasteiger partial charge in [0.25, 0.3) is 5.91 Å². The Morgan fingerprint density at radius 1 is 1.50 bits per heavy atom. The predicted molar refractivity (Wildman–Crippen MR) is 87.4 cm³/mol. The quantitative estimate of drug-likeness (QED) is 0.895. The number of carbonyl (C=O) groups excluding carboxylic acids is 1. The summed E-state index contributed by atoms with van der Waals surface area (Å²) in [6.45, 7) is 3.29. The van der Waals surface area contributed by atoms with Crippen molar-refractivity contribution in [2.24, 2.45) is 7.05 Å². The van der Waals surface area contributed by atoms with Gasteiger partial charge in [0.15, 0.2) is 0 Å². The highest BCUT2D eigenvalue weighted by Gasteiger charge is 2.24. The molecule has 1 unspecified atom stereocenters. The molecular weight excluding hydrogens is 306 g/mol. The Morgan fingerprint density at radius 3 is 3.04 bits per heavy atom. The number of nitrogens with zero attached hydrogens (tertiary/aromatic N) is 6. The molecule has 24 heavy (non-hydrogen) atoms. The van der Waals surface area contributed by atoms with Crippen molar-refractivity contribution in [2.45, 2.75) is 25.8 Å². The summed E-state index contributed by atoms with van der Waals surface area (Å²) in [6, 6.07) is 5.39. The van der Waals surface area contributed by atoms with Crippen molar-refractivity contribution in [3.8, 4) is 6.07 Å². The first-order chi connectivity index (χ1) is 11.6. The van der Waals surface area contributed by atoms with Gasteiger partial charge in [0.2, 0.25) is 5.95 Å². The summed E-state index contributed by atoms with van der Waals surface area (Å²) in [5.41, 5.74) is 1.71. The van der Waals surface area contributed by atoms with E-state index >= 15 is 0 Å². The summed E-state index contributed by atoms with van der Waals surface area (Å²) in [5.74, 6) is 0.404. The molecule has 3 heterocycles. The van der Waals surface area contributed by atoms with Crippen molar-refractivity contribution in [2.75, 3.05) is 18.0 Å². The first kappa shape index (κ1) is 15.9. The minimum atomic E-state index is -0.128. The van der Waals surface area contributed by atoms with E-state index in [1.165, 1.54) is 0 Å². The van der Waals surface area contributed by atoms with Crippen LogP contribution in [0.4, 0.5) is 5.95 Å². The molecular formula is C16H19N7O. The Kier molecular flexibility index (Phi) is 4.42. The van der Waals surface area contributed by atoms with Gasteiger partial charge in [-0.3, -0.25) is 9.48 Å². The van der Waals surface area contributed by atoms with Crippen LogP contribution < -0.4 is 10.2 Å². The fraction of sp³-hybridized carbons (Fsp3) is 0.438. The van der Waals surface area contributed by atoms with Crippen LogP contribution in [0.3, 0.4) is 0 Å². The number of aryl methyl sites for hydroxylation is 2. The zero-order valence-electron chi connectivity index (χ0n) is 13.7. The van der Waals surface area contributed by atoms with Gasteiger partial charge in [0.1, 0.15) is 17.5 Å². The molecule has 0 bridgehead atoms. The highest BCUT2D eigenvalue weighted by atomic mass is 16.2. The van der Waals surface area contributed by atoms with Crippen LogP contribution in [0.25, 0.3) is 0 Å². The lowest BCUT2D eigenvalue weighted by atomic mass is 10.1. The summed E-state index contributed by atoms with van der Waals surface area (Å²) in [6.07, 6.45) is 3.41. The van der Waals surface area contributed by atoms with Gasteiger partial charge in [0, 0.05) is 32.4 Å². The summed E-state index contributed by atoms with van der Waals surface area (Å²) in [5, 5.41) is 16.2. The molecule has 0 spiro atoms. The number of nitriles is 1. The van der Waals surface area contributed by atoms with E-state index in [0.29, 0.717) is 23.9 Å². The van der Waals surface area contributed by atoms with E-state index in [1.807, 2.05) is 17.9 Å². The maximum Gasteiger partial charge on any atom is 0.269 e. The standard InChI is InChI=1S/C16H19N7O/c1-11-8-14(22(2)21-11)15(24)19-13-4-3-7-23(10-13)16-18-6-5-12(9-17)20-16/h5-6,8,13H,3-4,7,10H2,1-2H3,(H,19,24). The maximum atomic E-state index is 12.4. The van der Waals surface area contributed by atoms with Gasteiger partial charge in [-0.25, -0.2) is 9.97 Å². The number of rotatable bonds is 3. The van der Waals surface area contributed by atoms with E-state index in [9.17, 15) is 4.79 Å². The lowest BCUT2D eigenvalue weighted by Crippen LogP contribution is -2.48. The first-order valence-corrected chi connectivity index (χ1v) is 7.86. The predicted octanol–water partition coefficient (Wildman–Crippen LogP) is 0.789. The van der Waals surface area contributed by atoms with Crippen LogP contribution in [0, 0.1) is 18.3 Å². The zero-order valence-corrected chi connectivity index (χ0v) is 13.7. The van der Waals surface area contributed by atoms with Crippen LogP contribution in [0.5, 0.6) is 0 Å². The van der Waals surface area contributed by atoms with Crippen LogP contribution >= 0.6 is 0 Å². The Labute approximate surface area is 140 Å². The number of aromatic nitrogens is 4. The van der Waals surface area contributed by atoms with Gasteiger partial charge in [-0.05, 0) is 31.9 Å². The second-order valence-corrected chi connectivity index (χ2v) is 5.91. The van der Waals surface area contributed by atoms with E-state index in [2.05, 4.69) is 20.4 Å². The Bertz CT molecular complexity index is 792. The fourth-order valence-electron chi connectivity index (χ4n) is 2.92. The Morgan fingerprint density at radius 2 is 2.33 bits per heavy atom.